The molecule has 1 aliphatic heterocycles. The summed E-state index contributed by atoms with van der Waals surface area (Å²) in [5.41, 5.74) is 5.71. The number of carbonyl (C=O) groups excluding carboxylic acids is 1. The molecule has 1 aliphatic carbocycles. The summed E-state index contributed by atoms with van der Waals surface area (Å²) in [5.74, 6) is -1.99. The highest BCUT2D eigenvalue weighted by Crippen LogP contribution is 2.66. The van der Waals surface area contributed by atoms with Gasteiger partial charge in [-0.2, -0.15) is 0 Å². The number of halogens is 2. The second-order valence-electron chi connectivity index (χ2n) is 9.28. The van der Waals surface area contributed by atoms with Crippen molar-refractivity contribution >= 4 is 28.5 Å². The fourth-order valence-corrected chi connectivity index (χ4v) is 6.33. The summed E-state index contributed by atoms with van der Waals surface area (Å²) in [6, 6.07) is 3.98. The molecule has 9 nitrogen and oxygen atoms in total. The third kappa shape index (κ3) is 4.66. The number of thioether (sulfide) groups is 1. The number of amides is 1. The number of aryl methyl sites for hydroxylation is 1. The minimum atomic E-state index is -1.12. The molecule has 3 atom stereocenters. The van der Waals surface area contributed by atoms with E-state index >= 15 is 4.39 Å². The first-order chi connectivity index (χ1) is 17.6. The van der Waals surface area contributed by atoms with Crippen LogP contribution < -0.4 is 15.8 Å². The number of ether oxygens (including phenoxy) is 2. The summed E-state index contributed by atoms with van der Waals surface area (Å²) >= 11 is 1.40. The number of nitrogens with one attached hydrogen (secondary N) is 1. The number of pyridine rings is 1. The van der Waals surface area contributed by atoms with Crippen LogP contribution >= 0.6 is 11.8 Å². The van der Waals surface area contributed by atoms with Crippen molar-refractivity contribution in [2.75, 3.05) is 19.0 Å². The minimum absolute atomic E-state index is 0.0222. The Labute approximate surface area is 215 Å². The number of hydrogen-bond acceptors (Lipinski definition) is 9. The van der Waals surface area contributed by atoms with E-state index in [1.54, 1.807) is 27.0 Å². The lowest BCUT2D eigenvalue weighted by molar-refractivity contribution is 0.102. The molecule has 5 rings (SSSR count). The van der Waals surface area contributed by atoms with E-state index in [2.05, 4.69) is 20.3 Å². The molecule has 2 aliphatic rings. The monoisotopic (exact) mass is 529 g/mol. The number of aliphatic imine (C=N–C) groups is 1. The predicted octanol–water partition coefficient (Wildman–Crippen LogP) is 4.17. The van der Waals surface area contributed by atoms with Crippen LogP contribution in [0, 0.1) is 24.5 Å². The first-order valence-corrected chi connectivity index (χ1v) is 12.3. The van der Waals surface area contributed by atoms with Crippen LogP contribution in [0.3, 0.4) is 0 Å². The Balaban J connectivity index is 1.38. The molecule has 3 heterocycles. The van der Waals surface area contributed by atoms with Gasteiger partial charge >= 0.3 is 0 Å². The van der Waals surface area contributed by atoms with Crippen molar-refractivity contribution in [1.82, 2.24) is 9.97 Å². The van der Waals surface area contributed by atoms with E-state index in [1.165, 1.54) is 36.5 Å². The Morgan fingerprint density at radius 3 is 2.84 bits per heavy atom. The van der Waals surface area contributed by atoms with Gasteiger partial charge in [-0.15, -0.1) is 0 Å². The van der Waals surface area contributed by atoms with Crippen molar-refractivity contribution in [1.29, 1.82) is 0 Å². The van der Waals surface area contributed by atoms with Crippen LogP contribution in [0.1, 0.15) is 40.9 Å². The predicted molar refractivity (Wildman–Crippen MR) is 133 cm³/mol. The fourth-order valence-electron chi connectivity index (χ4n) is 4.88. The molecule has 0 radical (unpaired) electrons. The fraction of sp³-hybridized carbons (Fsp3) is 0.360. The number of nitrogens with two attached hydrogens (primary N) is 1. The number of carbonyl (C=O) groups is 1. The molecule has 2 aromatic heterocycles. The van der Waals surface area contributed by atoms with Gasteiger partial charge in [0.25, 0.3) is 5.91 Å². The first-order valence-electron chi connectivity index (χ1n) is 11.5. The maximum Gasteiger partial charge on any atom is 0.274 e. The first kappa shape index (κ1) is 25.2. The van der Waals surface area contributed by atoms with E-state index in [9.17, 15) is 9.18 Å². The summed E-state index contributed by atoms with van der Waals surface area (Å²) in [7, 11) is 1.59. The average Bonchev–Trinajstić information content (AvgIpc) is 3.31. The van der Waals surface area contributed by atoms with Gasteiger partial charge in [0, 0.05) is 30.3 Å². The van der Waals surface area contributed by atoms with Crippen LogP contribution in [0.25, 0.3) is 0 Å². The van der Waals surface area contributed by atoms with Gasteiger partial charge in [0.15, 0.2) is 23.4 Å². The van der Waals surface area contributed by atoms with Crippen molar-refractivity contribution in [3.8, 4) is 5.75 Å². The highest BCUT2D eigenvalue weighted by atomic mass is 32.2. The normalized spacial score (nSPS) is 24.2. The van der Waals surface area contributed by atoms with Gasteiger partial charge in [-0.25, -0.2) is 18.7 Å². The second kappa shape index (κ2) is 9.42. The average molecular weight is 530 g/mol. The van der Waals surface area contributed by atoms with Crippen molar-refractivity contribution in [3.63, 3.8) is 0 Å². The molecule has 1 fully saturated rings. The largest absolute Gasteiger partial charge is 0.482 e. The third-order valence-corrected chi connectivity index (χ3v) is 7.96. The molecular formula is C25H25F2N5O4S. The van der Waals surface area contributed by atoms with E-state index in [-0.39, 0.29) is 39.4 Å². The van der Waals surface area contributed by atoms with Crippen LogP contribution in [0.15, 0.2) is 46.3 Å². The van der Waals surface area contributed by atoms with Crippen molar-refractivity contribution in [3.05, 3.63) is 71.2 Å². The second-order valence-corrected chi connectivity index (χ2v) is 10.7. The van der Waals surface area contributed by atoms with Crippen LogP contribution in [0.4, 0.5) is 14.5 Å². The highest BCUT2D eigenvalue weighted by Gasteiger charge is 2.66. The number of rotatable bonds is 8. The van der Waals surface area contributed by atoms with Crippen molar-refractivity contribution < 1.29 is 27.5 Å². The van der Waals surface area contributed by atoms with Gasteiger partial charge in [0.05, 0.1) is 29.3 Å². The lowest BCUT2D eigenvalue weighted by Crippen LogP contribution is -2.38. The van der Waals surface area contributed by atoms with Gasteiger partial charge in [0.1, 0.15) is 17.7 Å². The van der Waals surface area contributed by atoms with E-state index in [4.69, 9.17) is 19.6 Å². The van der Waals surface area contributed by atoms with Crippen LogP contribution in [0.5, 0.6) is 5.75 Å². The van der Waals surface area contributed by atoms with Crippen LogP contribution in [-0.2, 0) is 16.9 Å². The third-order valence-electron chi connectivity index (χ3n) is 6.69. The van der Waals surface area contributed by atoms with E-state index < -0.39 is 23.1 Å². The molecular weight excluding hydrogens is 504 g/mol. The van der Waals surface area contributed by atoms with Crippen molar-refractivity contribution in [2.24, 2.45) is 16.6 Å². The van der Waals surface area contributed by atoms with Crippen molar-refractivity contribution in [2.45, 2.75) is 37.2 Å². The Kier molecular flexibility index (Phi) is 6.40. The number of aromatic nitrogens is 2. The van der Waals surface area contributed by atoms with Gasteiger partial charge in [-0.05, 0) is 38.0 Å². The summed E-state index contributed by atoms with van der Waals surface area (Å²) in [5, 5.41) is 2.91. The summed E-state index contributed by atoms with van der Waals surface area (Å²) in [6.45, 7) is 3.94. The smallest absolute Gasteiger partial charge is 0.274 e. The lowest BCUT2D eigenvalue weighted by atomic mass is 9.85. The Bertz CT molecular complexity index is 1390. The number of methoxy groups -OCH3 is 1. The molecule has 3 N–H and O–H groups in total. The molecule has 1 saturated carbocycles. The number of oxazole rings is 1. The number of amidine groups is 1. The summed E-state index contributed by atoms with van der Waals surface area (Å²) in [4.78, 5) is 25.7. The zero-order chi connectivity index (χ0) is 26.4. The number of anilines is 1. The maximum absolute atomic E-state index is 15.1. The molecule has 0 spiro atoms. The Morgan fingerprint density at radius 2 is 2.14 bits per heavy atom. The van der Waals surface area contributed by atoms with Crippen LogP contribution in [0.2, 0.25) is 0 Å². The van der Waals surface area contributed by atoms with Crippen LogP contribution in [-0.4, -0.2) is 39.5 Å². The molecule has 3 aromatic rings. The maximum atomic E-state index is 15.1. The highest BCUT2D eigenvalue weighted by molar-refractivity contribution is 8.15. The number of fused-ring (bicyclic) bond motifs is 1. The van der Waals surface area contributed by atoms with Gasteiger partial charge in [-0.3, -0.25) is 9.79 Å². The number of benzene rings is 1. The molecule has 0 saturated heterocycles. The standard InChI is InChI=1S/C25H25F2N5O4S/c1-13-6-15(36-11-19-29-4-5-35-19)10-30-21(13)22(33)31-14-7-16(20(27)17(26)8-14)24(2)18-9-25(18,12-34-3)37-23(28)32-24/h4-8,10,18H,9,11-12H2,1-3H3,(H2,28,32)(H,31,33)/t18-,24-,25+/m0/s1. The van der Waals surface area contributed by atoms with E-state index in [0.717, 1.165) is 6.07 Å². The molecule has 194 valence electrons. The summed E-state index contributed by atoms with van der Waals surface area (Å²) in [6.07, 6.45) is 5.03. The quantitative estimate of drug-likeness (QED) is 0.446. The van der Waals surface area contributed by atoms with Gasteiger partial charge in [0.2, 0.25) is 5.89 Å². The topological polar surface area (TPSA) is 125 Å². The van der Waals surface area contributed by atoms with Gasteiger partial charge in [-0.1, -0.05) is 11.8 Å². The van der Waals surface area contributed by atoms with E-state index in [1.807, 2.05) is 0 Å². The lowest BCUT2D eigenvalue weighted by Gasteiger charge is -2.34. The zero-order valence-electron chi connectivity index (χ0n) is 20.4. The van der Waals surface area contributed by atoms with E-state index in [0.29, 0.717) is 30.2 Å². The Morgan fingerprint density at radius 1 is 1.32 bits per heavy atom. The molecule has 0 bridgehead atoms. The SMILES string of the molecule is COC[C@]12C[C@H]1[C@](C)(c1cc(NC(=O)c3ncc(OCc4ncco4)cc3C)cc(F)c1F)N=C(N)S2. The molecule has 37 heavy (non-hydrogen) atoms. The molecule has 0 unspecified atom stereocenters. The van der Waals surface area contributed by atoms with Gasteiger partial charge < -0.3 is 24.9 Å². The zero-order valence-corrected chi connectivity index (χ0v) is 21.2. The summed E-state index contributed by atoms with van der Waals surface area (Å²) < 4.78 is 45.6. The minimum Gasteiger partial charge on any atom is -0.482 e. The Hall–Kier alpha value is -3.51. The number of nitrogens with zero attached hydrogens (tertiary/aromatic N) is 3. The molecule has 1 aromatic carbocycles. The molecule has 1 amide bonds. The number of hydrogen-bond donors (Lipinski definition) is 2. The molecule has 12 heteroatoms.